The number of halogens is 3. The first-order valence-corrected chi connectivity index (χ1v) is 12.0. The minimum atomic E-state index is -3.75. The number of aromatic nitrogens is 5. The SMILES string of the molecule is Fc1ccccc1.Nc1nc2c3c(ccc2c2nc(Cc4cccnc4N4CCCC4)nn12)OC(F)(F)O3. The summed E-state index contributed by atoms with van der Waals surface area (Å²) in [4.78, 5) is 15.7. The maximum atomic E-state index is 13.5. The largest absolute Gasteiger partial charge is 0.586 e. The lowest BCUT2D eigenvalue weighted by Crippen LogP contribution is -2.26. The number of hydrogen-bond acceptors (Lipinski definition) is 8. The number of anilines is 2. The first-order chi connectivity index (χ1) is 18.4. The van der Waals surface area contributed by atoms with Crippen molar-refractivity contribution in [1.29, 1.82) is 0 Å². The van der Waals surface area contributed by atoms with Crippen molar-refractivity contribution in [2.24, 2.45) is 0 Å². The standard InChI is InChI=1S/C20H17F2N7O2.C6H5F/c21-20(22)30-13-6-5-12-15(16(13)31-20)26-19(23)29-18(12)25-14(27-29)10-11-4-3-7-24-17(11)28-8-1-2-9-28;7-6-4-2-1-3-5-6/h3-7H,1-2,8-10H2,(H2,23,26);1-5H. The molecule has 0 saturated carbocycles. The number of nitrogens with zero attached hydrogens (tertiary/aromatic N) is 6. The van der Waals surface area contributed by atoms with E-state index in [2.05, 4.69) is 34.4 Å². The number of rotatable bonds is 3. The molecule has 194 valence electrons. The van der Waals surface area contributed by atoms with Gasteiger partial charge in [0.15, 0.2) is 23.0 Å². The van der Waals surface area contributed by atoms with Gasteiger partial charge in [-0.3, -0.25) is 0 Å². The second kappa shape index (κ2) is 9.36. The van der Waals surface area contributed by atoms with Crippen molar-refractivity contribution >= 4 is 28.3 Å². The summed E-state index contributed by atoms with van der Waals surface area (Å²) in [5.74, 6) is 1.03. The van der Waals surface area contributed by atoms with Crippen LogP contribution in [0.2, 0.25) is 0 Å². The van der Waals surface area contributed by atoms with Gasteiger partial charge in [-0.15, -0.1) is 13.9 Å². The van der Waals surface area contributed by atoms with Gasteiger partial charge in [0.25, 0.3) is 0 Å². The van der Waals surface area contributed by atoms with Crippen LogP contribution in [0.4, 0.5) is 24.9 Å². The second-order valence-electron chi connectivity index (χ2n) is 8.84. The van der Waals surface area contributed by atoms with Crippen LogP contribution in [0.25, 0.3) is 16.6 Å². The summed E-state index contributed by atoms with van der Waals surface area (Å²) in [7, 11) is 0. The summed E-state index contributed by atoms with van der Waals surface area (Å²) in [6.45, 7) is 1.95. The zero-order valence-electron chi connectivity index (χ0n) is 20.0. The molecule has 5 aromatic rings. The Morgan fingerprint density at radius 1 is 0.947 bits per heavy atom. The number of benzene rings is 2. The molecule has 1 fully saturated rings. The van der Waals surface area contributed by atoms with Crippen molar-refractivity contribution < 1.29 is 22.6 Å². The topological polar surface area (TPSA) is 104 Å². The fourth-order valence-electron chi connectivity index (χ4n) is 4.58. The van der Waals surface area contributed by atoms with Crippen molar-refractivity contribution in [3.05, 3.63) is 78.0 Å². The molecular formula is C26H22F3N7O2. The number of pyridine rings is 1. The number of ether oxygens (including phenoxy) is 2. The van der Waals surface area contributed by atoms with Crippen molar-refractivity contribution in [1.82, 2.24) is 24.6 Å². The van der Waals surface area contributed by atoms with Gasteiger partial charge in [-0.2, -0.15) is 4.52 Å². The Kier molecular flexibility index (Phi) is 5.86. The molecule has 0 spiro atoms. The van der Waals surface area contributed by atoms with Crippen LogP contribution in [-0.4, -0.2) is 44.0 Å². The summed E-state index contributed by atoms with van der Waals surface area (Å²) in [5.41, 5.74) is 7.63. The average molecular weight is 522 g/mol. The van der Waals surface area contributed by atoms with Gasteiger partial charge in [0.1, 0.15) is 17.2 Å². The van der Waals surface area contributed by atoms with E-state index >= 15 is 0 Å². The van der Waals surface area contributed by atoms with E-state index in [-0.39, 0.29) is 28.8 Å². The Balaban J connectivity index is 0.000000330. The second-order valence-corrected chi connectivity index (χ2v) is 8.84. The third kappa shape index (κ3) is 4.49. The predicted octanol–water partition coefficient (Wildman–Crippen LogP) is 4.59. The molecule has 0 atom stereocenters. The molecule has 2 aromatic carbocycles. The van der Waals surface area contributed by atoms with Crippen molar-refractivity contribution in [2.45, 2.75) is 25.6 Å². The van der Waals surface area contributed by atoms with Gasteiger partial charge in [-0.05, 0) is 43.2 Å². The van der Waals surface area contributed by atoms with Gasteiger partial charge in [-0.1, -0.05) is 24.3 Å². The van der Waals surface area contributed by atoms with Gasteiger partial charge in [-0.25, -0.2) is 19.3 Å². The van der Waals surface area contributed by atoms with Crippen LogP contribution in [0, 0.1) is 5.82 Å². The molecule has 0 radical (unpaired) electrons. The van der Waals surface area contributed by atoms with Crippen LogP contribution >= 0.6 is 0 Å². The maximum Gasteiger partial charge on any atom is 0.586 e. The van der Waals surface area contributed by atoms with Crippen molar-refractivity contribution in [2.75, 3.05) is 23.7 Å². The smallest absolute Gasteiger partial charge is 0.395 e. The van der Waals surface area contributed by atoms with Crippen LogP contribution in [-0.2, 0) is 6.42 Å². The molecule has 12 heteroatoms. The number of nitrogens with two attached hydrogens (primary N) is 1. The van der Waals surface area contributed by atoms with Crippen molar-refractivity contribution in [3.8, 4) is 11.5 Å². The number of alkyl halides is 2. The molecule has 2 N–H and O–H groups in total. The Hall–Kier alpha value is -4.61. The van der Waals surface area contributed by atoms with E-state index in [4.69, 9.17) is 5.73 Å². The summed E-state index contributed by atoms with van der Waals surface area (Å²) < 4.78 is 49.6. The van der Waals surface area contributed by atoms with E-state index in [0.717, 1.165) is 37.3 Å². The van der Waals surface area contributed by atoms with Gasteiger partial charge in [0.2, 0.25) is 5.95 Å². The first-order valence-electron chi connectivity index (χ1n) is 12.0. The third-order valence-electron chi connectivity index (χ3n) is 6.24. The van der Waals surface area contributed by atoms with Crippen LogP contribution in [0.15, 0.2) is 60.8 Å². The highest BCUT2D eigenvalue weighted by atomic mass is 19.3. The molecule has 1 saturated heterocycles. The lowest BCUT2D eigenvalue weighted by Gasteiger charge is -2.19. The molecule has 2 aliphatic heterocycles. The molecule has 5 heterocycles. The first kappa shape index (κ1) is 23.8. The molecule has 0 unspecified atom stereocenters. The van der Waals surface area contributed by atoms with E-state index in [1.807, 2.05) is 12.1 Å². The lowest BCUT2D eigenvalue weighted by atomic mass is 10.1. The molecule has 9 nitrogen and oxygen atoms in total. The molecule has 0 amide bonds. The fraction of sp³-hybridized carbons (Fsp3) is 0.231. The predicted molar refractivity (Wildman–Crippen MR) is 134 cm³/mol. The summed E-state index contributed by atoms with van der Waals surface area (Å²) >= 11 is 0. The minimum Gasteiger partial charge on any atom is -0.395 e. The summed E-state index contributed by atoms with van der Waals surface area (Å²) in [6, 6.07) is 14.8. The summed E-state index contributed by atoms with van der Waals surface area (Å²) in [5, 5.41) is 4.98. The van der Waals surface area contributed by atoms with Crippen LogP contribution in [0.1, 0.15) is 24.2 Å². The van der Waals surface area contributed by atoms with E-state index in [1.165, 1.54) is 22.7 Å². The van der Waals surface area contributed by atoms with Gasteiger partial charge < -0.3 is 20.1 Å². The van der Waals surface area contributed by atoms with Crippen LogP contribution in [0.3, 0.4) is 0 Å². The highest BCUT2D eigenvalue weighted by molar-refractivity contribution is 5.97. The quantitative estimate of drug-likeness (QED) is 0.368. The number of nitrogen functional groups attached to an aromatic ring is 1. The summed E-state index contributed by atoms with van der Waals surface area (Å²) in [6.07, 6.45) is 0.773. The molecular weight excluding hydrogens is 499 g/mol. The Labute approximate surface area is 214 Å². The Bertz CT molecular complexity index is 1620. The molecule has 0 aliphatic carbocycles. The molecule has 0 bridgehead atoms. The van der Waals surface area contributed by atoms with E-state index < -0.39 is 6.29 Å². The van der Waals surface area contributed by atoms with E-state index in [0.29, 0.717) is 23.3 Å². The van der Waals surface area contributed by atoms with E-state index in [9.17, 15) is 13.2 Å². The highest BCUT2D eigenvalue weighted by Gasteiger charge is 2.45. The Morgan fingerprint density at radius 3 is 2.47 bits per heavy atom. The van der Waals surface area contributed by atoms with E-state index in [1.54, 1.807) is 30.5 Å². The normalized spacial score (nSPS) is 15.6. The zero-order chi connectivity index (χ0) is 26.3. The fourth-order valence-corrected chi connectivity index (χ4v) is 4.58. The maximum absolute atomic E-state index is 13.5. The van der Waals surface area contributed by atoms with Crippen LogP contribution < -0.4 is 20.1 Å². The molecule has 2 aliphatic rings. The minimum absolute atomic E-state index is 0.0134. The third-order valence-corrected chi connectivity index (χ3v) is 6.24. The van der Waals surface area contributed by atoms with Crippen molar-refractivity contribution in [3.63, 3.8) is 0 Å². The van der Waals surface area contributed by atoms with Gasteiger partial charge >= 0.3 is 6.29 Å². The van der Waals surface area contributed by atoms with Gasteiger partial charge in [0.05, 0.1) is 0 Å². The Morgan fingerprint density at radius 2 is 1.74 bits per heavy atom. The zero-order valence-corrected chi connectivity index (χ0v) is 20.0. The molecule has 3 aromatic heterocycles. The van der Waals surface area contributed by atoms with Gasteiger partial charge in [0, 0.05) is 36.7 Å². The highest BCUT2D eigenvalue weighted by Crippen LogP contribution is 2.45. The van der Waals surface area contributed by atoms with Crippen LogP contribution in [0.5, 0.6) is 11.5 Å². The average Bonchev–Trinajstić information content (AvgIpc) is 3.64. The monoisotopic (exact) mass is 521 g/mol. The molecule has 7 rings (SSSR count). The number of hydrogen-bond donors (Lipinski definition) is 1. The molecule has 38 heavy (non-hydrogen) atoms. The lowest BCUT2D eigenvalue weighted by molar-refractivity contribution is -0.286. The number of fused-ring (bicyclic) bond motifs is 5.